The monoisotopic (exact) mass is 252 g/mol. The minimum absolute atomic E-state index is 0.0812. The Kier molecular flexibility index (Phi) is 4.79. The first-order valence-electron chi connectivity index (χ1n) is 5.62. The fraction of sp³-hybridized carbons (Fsp3) is 0.417. The standard InChI is InChI=1S/C12H16N2O4/c1-8(2)11(7-15)13-12(16)9-4-3-5-10(6-9)14(17)18/h3-6,8,11,15H,7H2,1-2H3,(H,13,16)/t11-/m1/s1. The molecular formula is C12H16N2O4. The topological polar surface area (TPSA) is 92.5 Å². The summed E-state index contributed by atoms with van der Waals surface area (Å²) in [5.41, 5.74) is 0.0797. The minimum atomic E-state index is -0.553. The van der Waals surface area contributed by atoms with E-state index in [1.807, 2.05) is 13.8 Å². The van der Waals surface area contributed by atoms with E-state index in [1.165, 1.54) is 24.3 Å². The molecule has 18 heavy (non-hydrogen) atoms. The van der Waals surface area contributed by atoms with Gasteiger partial charge in [-0.3, -0.25) is 14.9 Å². The molecule has 6 nitrogen and oxygen atoms in total. The molecule has 0 heterocycles. The van der Waals surface area contributed by atoms with Gasteiger partial charge in [-0.1, -0.05) is 19.9 Å². The molecular weight excluding hydrogens is 236 g/mol. The highest BCUT2D eigenvalue weighted by Gasteiger charge is 2.17. The van der Waals surface area contributed by atoms with Crippen molar-refractivity contribution in [1.82, 2.24) is 5.32 Å². The second-order valence-corrected chi connectivity index (χ2v) is 4.31. The van der Waals surface area contributed by atoms with E-state index in [4.69, 9.17) is 5.11 Å². The Morgan fingerprint density at radius 2 is 2.17 bits per heavy atom. The number of benzene rings is 1. The van der Waals surface area contributed by atoms with Crippen molar-refractivity contribution in [2.45, 2.75) is 19.9 Å². The maximum atomic E-state index is 11.8. The summed E-state index contributed by atoms with van der Waals surface area (Å²) in [5.74, 6) is -0.343. The van der Waals surface area contributed by atoms with Crippen LogP contribution in [0, 0.1) is 16.0 Å². The number of hydrogen-bond acceptors (Lipinski definition) is 4. The third-order valence-corrected chi connectivity index (χ3v) is 2.64. The van der Waals surface area contributed by atoms with Crippen molar-refractivity contribution in [1.29, 1.82) is 0 Å². The van der Waals surface area contributed by atoms with Crippen LogP contribution in [-0.2, 0) is 0 Å². The zero-order valence-corrected chi connectivity index (χ0v) is 10.3. The van der Waals surface area contributed by atoms with E-state index in [1.54, 1.807) is 0 Å². The van der Waals surface area contributed by atoms with Gasteiger partial charge in [0.05, 0.1) is 17.6 Å². The van der Waals surface area contributed by atoms with Crippen LogP contribution in [0.4, 0.5) is 5.69 Å². The fourth-order valence-electron chi connectivity index (χ4n) is 1.44. The fourth-order valence-corrected chi connectivity index (χ4v) is 1.44. The molecule has 98 valence electrons. The van der Waals surface area contributed by atoms with Crippen molar-refractivity contribution in [3.63, 3.8) is 0 Å². The summed E-state index contributed by atoms with van der Waals surface area (Å²) in [6.45, 7) is 3.57. The van der Waals surface area contributed by atoms with Gasteiger partial charge in [-0.05, 0) is 12.0 Å². The summed E-state index contributed by atoms with van der Waals surface area (Å²) in [7, 11) is 0. The van der Waals surface area contributed by atoms with Gasteiger partial charge in [0.25, 0.3) is 11.6 Å². The van der Waals surface area contributed by atoms with Gasteiger partial charge in [0.1, 0.15) is 0 Å². The summed E-state index contributed by atoms with van der Waals surface area (Å²) in [4.78, 5) is 21.9. The molecule has 0 saturated heterocycles. The number of hydrogen-bond donors (Lipinski definition) is 2. The van der Waals surface area contributed by atoms with Crippen LogP contribution in [0.1, 0.15) is 24.2 Å². The molecule has 0 saturated carbocycles. The van der Waals surface area contributed by atoms with E-state index in [2.05, 4.69) is 5.32 Å². The number of amides is 1. The normalized spacial score (nSPS) is 12.2. The summed E-state index contributed by atoms with van der Waals surface area (Å²) >= 11 is 0. The van der Waals surface area contributed by atoms with Crippen molar-refractivity contribution < 1.29 is 14.8 Å². The molecule has 6 heteroatoms. The average Bonchev–Trinajstić information content (AvgIpc) is 2.35. The summed E-state index contributed by atoms with van der Waals surface area (Å²) in [6.07, 6.45) is 0. The van der Waals surface area contributed by atoms with Crippen LogP contribution in [0.3, 0.4) is 0 Å². The van der Waals surface area contributed by atoms with Gasteiger partial charge >= 0.3 is 0 Å². The molecule has 0 fully saturated rings. The highest BCUT2D eigenvalue weighted by molar-refractivity contribution is 5.95. The molecule has 2 N–H and O–H groups in total. The maximum Gasteiger partial charge on any atom is 0.270 e. The molecule has 1 rings (SSSR count). The maximum absolute atomic E-state index is 11.8. The lowest BCUT2D eigenvalue weighted by Gasteiger charge is -2.19. The van der Waals surface area contributed by atoms with Crippen molar-refractivity contribution in [3.8, 4) is 0 Å². The van der Waals surface area contributed by atoms with Gasteiger partial charge in [-0.25, -0.2) is 0 Å². The first-order chi connectivity index (χ1) is 8.45. The molecule has 0 spiro atoms. The van der Waals surface area contributed by atoms with Gasteiger partial charge < -0.3 is 10.4 Å². The van der Waals surface area contributed by atoms with E-state index in [0.29, 0.717) is 0 Å². The van der Waals surface area contributed by atoms with E-state index in [0.717, 1.165) is 0 Å². The quantitative estimate of drug-likeness (QED) is 0.611. The molecule has 1 amide bonds. The number of carbonyl (C=O) groups is 1. The van der Waals surface area contributed by atoms with Crippen LogP contribution in [-0.4, -0.2) is 28.6 Å². The van der Waals surface area contributed by atoms with Crippen LogP contribution in [0.2, 0.25) is 0 Å². The van der Waals surface area contributed by atoms with Crippen LogP contribution in [0.5, 0.6) is 0 Å². The molecule has 0 aromatic heterocycles. The van der Waals surface area contributed by atoms with Gasteiger partial charge in [-0.15, -0.1) is 0 Å². The molecule has 0 unspecified atom stereocenters. The largest absolute Gasteiger partial charge is 0.394 e. The number of aliphatic hydroxyl groups is 1. The zero-order chi connectivity index (χ0) is 13.7. The lowest BCUT2D eigenvalue weighted by molar-refractivity contribution is -0.384. The van der Waals surface area contributed by atoms with Gasteiger partial charge in [-0.2, -0.15) is 0 Å². The number of nitro groups is 1. The van der Waals surface area contributed by atoms with Crippen molar-refractivity contribution in [3.05, 3.63) is 39.9 Å². The lowest BCUT2D eigenvalue weighted by atomic mass is 10.0. The number of nitrogens with one attached hydrogen (secondary N) is 1. The number of non-ortho nitro benzene ring substituents is 1. The molecule has 0 bridgehead atoms. The number of nitro benzene ring substituents is 1. The van der Waals surface area contributed by atoms with Crippen LogP contribution >= 0.6 is 0 Å². The Labute approximate surface area is 105 Å². The summed E-state index contributed by atoms with van der Waals surface area (Å²) in [6, 6.07) is 5.12. The summed E-state index contributed by atoms with van der Waals surface area (Å²) < 4.78 is 0. The molecule has 1 aromatic carbocycles. The SMILES string of the molecule is CC(C)[C@@H](CO)NC(=O)c1cccc([N+](=O)[O-])c1. The van der Waals surface area contributed by atoms with Crippen molar-refractivity contribution in [2.75, 3.05) is 6.61 Å². The molecule has 1 atom stereocenters. The number of carbonyl (C=O) groups excluding carboxylic acids is 1. The van der Waals surface area contributed by atoms with Gasteiger partial charge in [0.15, 0.2) is 0 Å². The van der Waals surface area contributed by atoms with E-state index in [-0.39, 0.29) is 29.8 Å². The van der Waals surface area contributed by atoms with Gasteiger partial charge in [0.2, 0.25) is 0 Å². The van der Waals surface area contributed by atoms with E-state index >= 15 is 0 Å². The van der Waals surface area contributed by atoms with Crippen LogP contribution in [0.15, 0.2) is 24.3 Å². The Bertz CT molecular complexity index is 445. The Morgan fingerprint density at radius 1 is 1.50 bits per heavy atom. The number of rotatable bonds is 5. The average molecular weight is 252 g/mol. The third-order valence-electron chi connectivity index (χ3n) is 2.64. The van der Waals surface area contributed by atoms with Crippen LogP contribution < -0.4 is 5.32 Å². The highest BCUT2D eigenvalue weighted by atomic mass is 16.6. The minimum Gasteiger partial charge on any atom is -0.394 e. The van der Waals surface area contributed by atoms with Crippen molar-refractivity contribution >= 4 is 11.6 Å². The number of aliphatic hydroxyl groups excluding tert-OH is 1. The van der Waals surface area contributed by atoms with E-state index < -0.39 is 10.8 Å². The van der Waals surface area contributed by atoms with Crippen LogP contribution in [0.25, 0.3) is 0 Å². The Balaban J connectivity index is 2.84. The van der Waals surface area contributed by atoms with Gasteiger partial charge in [0, 0.05) is 17.7 Å². The molecule has 0 aliphatic rings. The molecule has 0 aliphatic carbocycles. The molecule has 0 aliphatic heterocycles. The first-order valence-corrected chi connectivity index (χ1v) is 5.62. The highest BCUT2D eigenvalue weighted by Crippen LogP contribution is 2.13. The second-order valence-electron chi connectivity index (χ2n) is 4.31. The Hall–Kier alpha value is -1.95. The molecule has 1 aromatic rings. The predicted octanol–water partition coefficient (Wildman–Crippen LogP) is 1.34. The zero-order valence-electron chi connectivity index (χ0n) is 10.3. The first kappa shape index (κ1) is 14.1. The van der Waals surface area contributed by atoms with E-state index in [9.17, 15) is 14.9 Å². The summed E-state index contributed by atoms with van der Waals surface area (Å²) in [5, 5.41) is 22.3. The van der Waals surface area contributed by atoms with Crippen molar-refractivity contribution in [2.24, 2.45) is 5.92 Å². The second kappa shape index (κ2) is 6.11. The number of nitrogens with zero attached hydrogens (tertiary/aromatic N) is 1. The lowest BCUT2D eigenvalue weighted by Crippen LogP contribution is -2.41. The smallest absolute Gasteiger partial charge is 0.270 e. The predicted molar refractivity (Wildman–Crippen MR) is 66.3 cm³/mol. The third kappa shape index (κ3) is 3.53. The Morgan fingerprint density at radius 3 is 2.67 bits per heavy atom. The molecule has 0 radical (unpaired) electrons.